The monoisotopic (exact) mass is 340 g/mol. The molecule has 0 saturated heterocycles. The van der Waals surface area contributed by atoms with Crippen molar-refractivity contribution in [3.05, 3.63) is 65.2 Å². The molecule has 0 spiro atoms. The maximum atomic E-state index is 12.5. The molecule has 1 aliphatic rings. The largest absolute Gasteiger partial charge is 0.508 e. The molecule has 6 heteroatoms. The first-order valence-electron chi connectivity index (χ1n) is 8.14. The van der Waals surface area contributed by atoms with Crippen LogP contribution in [-0.2, 0) is 29.0 Å². The highest BCUT2D eigenvalue weighted by molar-refractivity contribution is 5.87. The van der Waals surface area contributed by atoms with Gasteiger partial charge in [-0.1, -0.05) is 36.4 Å². The predicted octanol–water partition coefficient (Wildman–Crippen LogP) is 1.22. The topological polar surface area (TPSA) is 98.7 Å². The minimum atomic E-state index is -1.09. The number of benzene rings is 2. The lowest BCUT2D eigenvalue weighted by Crippen LogP contribution is -2.52. The van der Waals surface area contributed by atoms with Crippen LogP contribution in [0.3, 0.4) is 0 Å². The van der Waals surface area contributed by atoms with Gasteiger partial charge in [0.05, 0.1) is 6.04 Å². The summed E-state index contributed by atoms with van der Waals surface area (Å²) in [7, 11) is 0. The molecule has 0 aromatic heterocycles. The summed E-state index contributed by atoms with van der Waals surface area (Å²) in [6.45, 7) is 0.587. The Labute approximate surface area is 145 Å². The van der Waals surface area contributed by atoms with Gasteiger partial charge < -0.3 is 20.8 Å². The SMILES string of the molecule is O=C(O)C(Cc1ccc(O)cc1)NC(=O)[C@@H]1Cc2ccccc2CN1. The first-order valence-corrected chi connectivity index (χ1v) is 8.14. The predicted molar refractivity (Wildman–Crippen MR) is 92.2 cm³/mol. The Morgan fingerprint density at radius 3 is 2.48 bits per heavy atom. The number of aromatic hydroxyl groups is 1. The Morgan fingerprint density at radius 1 is 1.12 bits per heavy atom. The van der Waals surface area contributed by atoms with Crippen LogP contribution in [0, 0.1) is 0 Å². The summed E-state index contributed by atoms with van der Waals surface area (Å²) >= 11 is 0. The van der Waals surface area contributed by atoms with Crippen LogP contribution >= 0.6 is 0 Å². The van der Waals surface area contributed by atoms with Crippen molar-refractivity contribution in [2.24, 2.45) is 0 Å². The quantitative estimate of drug-likeness (QED) is 0.656. The molecule has 6 nitrogen and oxygen atoms in total. The molecule has 2 aromatic rings. The highest BCUT2D eigenvalue weighted by Crippen LogP contribution is 2.17. The summed E-state index contributed by atoms with van der Waals surface area (Å²) in [6, 6.07) is 12.7. The molecule has 4 N–H and O–H groups in total. The van der Waals surface area contributed by atoms with Crippen LogP contribution in [0.15, 0.2) is 48.5 Å². The lowest BCUT2D eigenvalue weighted by molar-refractivity contribution is -0.142. The fourth-order valence-corrected chi connectivity index (χ4v) is 2.98. The van der Waals surface area contributed by atoms with E-state index >= 15 is 0 Å². The molecule has 1 aliphatic heterocycles. The number of fused-ring (bicyclic) bond motifs is 1. The van der Waals surface area contributed by atoms with Gasteiger partial charge in [0.1, 0.15) is 11.8 Å². The minimum absolute atomic E-state index is 0.115. The van der Waals surface area contributed by atoms with E-state index in [4.69, 9.17) is 0 Å². The molecule has 0 bridgehead atoms. The van der Waals surface area contributed by atoms with Gasteiger partial charge in [0.25, 0.3) is 0 Å². The summed E-state index contributed by atoms with van der Waals surface area (Å²) in [4.78, 5) is 24.0. The van der Waals surface area contributed by atoms with Crippen LogP contribution in [-0.4, -0.2) is 34.2 Å². The van der Waals surface area contributed by atoms with Crippen molar-refractivity contribution in [3.63, 3.8) is 0 Å². The number of carbonyl (C=O) groups excluding carboxylic acids is 1. The zero-order valence-corrected chi connectivity index (χ0v) is 13.6. The summed E-state index contributed by atoms with van der Waals surface area (Å²) < 4.78 is 0. The van der Waals surface area contributed by atoms with Gasteiger partial charge in [0, 0.05) is 13.0 Å². The molecule has 0 radical (unpaired) electrons. The minimum Gasteiger partial charge on any atom is -0.508 e. The van der Waals surface area contributed by atoms with Crippen molar-refractivity contribution in [3.8, 4) is 5.75 Å². The fraction of sp³-hybridized carbons (Fsp3) is 0.263. The summed E-state index contributed by atoms with van der Waals surface area (Å²) in [6.07, 6.45) is 0.693. The molecule has 0 aliphatic carbocycles. The number of carbonyl (C=O) groups is 2. The number of carboxylic acids is 1. The summed E-state index contributed by atoms with van der Waals surface area (Å²) in [5.74, 6) is -1.29. The van der Waals surface area contributed by atoms with E-state index in [-0.39, 0.29) is 18.1 Å². The van der Waals surface area contributed by atoms with Crippen LogP contribution < -0.4 is 10.6 Å². The number of amides is 1. The third kappa shape index (κ3) is 4.16. The van der Waals surface area contributed by atoms with Crippen molar-refractivity contribution in [1.82, 2.24) is 10.6 Å². The van der Waals surface area contributed by atoms with Crippen LogP contribution in [0.25, 0.3) is 0 Å². The van der Waals surface area contributed by atoms with Gasteiger partial charge in [0.2, 0.25) is 5.91 Å². The molecule has 1 amide bonds. The molecule has 3 rings (SSSR count). The maximum absolute atomic E-state index is 12.5. The molecule has 0 saturated carbocycles. The van der Waals surface area contributed by atoms with E-state index in [0.29, 0.717) is 13.0 Å². The number of hydrogen-bond acceptors (Lipinski definition) is 4. The molecule has 1 heterocycles. The zero-order valence-electron chi connectivity index (χ0n) is 13.6. The first kappa shape index (κ1) is 17.0. The molecule has 2 aromatic carbocycles. The van der Waals surface area contributed by atoms with Crippen LogP contribution in [0.5, 0.6) is 5.75 Å². The number of rotatable bonds is 5. The maximum Gasteiger partial charge on any atom is 0.326 e. The highest BCUT2D eigenvalue weighted by atomic mass is 16.4. The first-order chi connectivity index (χ1) is 12.0. The number of phenols is 1. The van der Waals surface area contributed by atoms with Crippen molar-refractivity contribution < 1.29 is 19.8 Å². The molecule has 130 valence electrons. The van der Waals surface area contributed by atoms with Crippen LogP contribution in [0.2, 0.25) is 0 Å². The molecule has 0 fully saturated rings. The van der Waals surface area contributed by atoms with E-state index in [1.165, 1.54) is 12.1 Å². The van der Waals surface area contributed by atoms with Gasteiger partial charge in [-0.2, -0.15) is 0 Å². The average Bonchev–Trinajstić information content (AvgIpc) is 2.62. The van der Waals surface area contributed by atoms with E-state index < -0.39 is 18.1 Å². The molecular formula is C19H20N2O4. The lowest BCUT2D eigenvalue weighted by atomic mass is 9.95. The normalized spacial score (nSPS) is 17.4. The second-order valence-corrected chi connectivity index (χ2v) is 6.18. The third-order valence-electron chi connectivity index (χ3n) is 4.39. The Hall–Kier alpha value is -2.86. The summed E-state index contributed by atoms with van der Waals surface area (Å²) in [5.41, 5.74) is 2.99. The number of hydrogen-bond donors (Lipinski definition) is 4. The van der Waals surface area contributed by atoms with Crippen molar-refractivity contribution in [2.75, 3.05) is 0 Å². The standard InChI is InChI=1S/C19H20N2O4/c22-15-7-5-12(6-8-15)9-17(19(24)25)21-18(23)16-10-13-3-1-2-4-14(13)11-20-16/h1-8,16-17,20,22H,9-11H2,(H,21,23)(H,24,25)/t16-,17?/m0/s1. The van der Waals surface area contributed by atoms with Gasteiger partial charge >= 0.3 is 5.97 Å². The van der Waals surface area contributed by atoms with E-state index in [9.17, 15) is 19.8 Å². The Balaban J connectivity index is 1.65. The van der Waals surface area contributed by atoms with Crippen molar-refractivity contribution in [1.29, 1.82) is 0 Å². The van der Waals surface area contributed by atoms with Crippen LogP contribution in [0.1, 0.15) is 16.7 Å². The Bertz CT molecular complexity index is 773. The number of aliphatic carboxylic acids is 1. The number of phenolic OH excluding ortho intramolecular Hbond substituents is 1. The Kier molecular flexibility index (Phi) is 5.00. The van der Waals surface area contributed by atoms with Gasteiger partial charge in [-0.05, 0) is 35.2 Å². The lowest BCUT2D eigenvalue weighted by Gasteiger charge is -2.26. The highest BCUT2D eigenvalue weighted by Gasteiger charge is 2.28. The number of carboxylic acid groups (broad SMARTS) is 1. The smallest absolute Gasteiger partial charge is 0.326 e. The second kappa shape index (κ2) is 7.36. The van der Waals surface area contributed by atoms with Crippen LogP contribution in [0.4, 0.5) is 0 Å². The molecule has 1 unspecified atom stereocenters. The molecule has 25 heavy (non-hydrogen) atoms. The second-order valence-electron chi connectivity index (χ2n) is 6.18. The van der Waals surface area contributed by atoms with Crippen molar-refractivity contribution >= 4 is 11.9 Å². The third-order valence-corrected chi connectivity index (χ3v) is 4.39. The summed E-state index contributed by atoms with van der Waals surface area (Å²) in [5, 5.41) is 24.5. The van der Waals surface area contributed by atoms with Gasteiger partial charge in [-0.15, -0.1) is 0 Å². The molecular weight excluding hydrogens is 320 g/mol. The fourth-order valence-electron chi connectivity index (χ4n) is 2.98. The van der Waals surface area contributed by atoms with Gasteiger partial charge in [-0.3, -0.25) is 4.79 Å². The van der Waals surface area contributed by atoms with E-state index in [1.807, 2.05) is 24.3 Å². The van der Waals surface area contributed by atoms with E-state index in [1.54, 1.807) is 12.1 Å². The van der Waals surface area contributed by atoms with E-state index in [2.05, 4.69) is 10.6 Å². The van der Waals surface area contributed by atoms with E-state index in [0.717, 1.165) is 16.7 Å². The average molecular weight is 340 g/mol. The molecule has 2 atom stereocenters. The van der Waals surface area contributed by atoms with Gasteiger partial charge in [-0.25, -0.2) is 4.79 Å². The number of nitrogens with one attached hydrogen (secondary N) is 2. The zero-order chi connectivity index (χ0) is 17.8. The van der Waals surface area contributed by atoms with Gasteiger partial charge in [0.15, 0.2) is 0 Å². The van der Waals surface area contributed by atoms with Crippen molar-refractivity contribution in [2.45, 2.75) is 31.5 Å². The Morgan fingerprint density at radius 2 is 1.80 bits per heavy atom.